The fourth-order valence-electron chi connectivity index (χ4n) is 1.88. The van der Waals surface area contributed by atoms with E-state index in [2.05, 4.69) is 26.1 Å². The van der Waals surface area contributed by atoms with E-state index in [-0.39, 0.29) is 5.41 Å². The van der Waals surface area contributed by atoms with E-state index in [0.29, 0.717) is 6.61 Å². The molecule has 1 saturated carbocycles. The Bertz CT molecular complexity index is 150. The largest absolute Gasteiger partial charge is 0.396 e. The number of rotatable bonds is 5. The summed E-state index contributed by atoms with van der Waals surface area (Å²) in [7, 11) is 0. The van der Waals surface area contributed by atoms with E-state index in [0.717, 1.165) is 24.9 Å². The van der Waals surface area contributed by atoms with Crippen molar-refractivity contribution in [1.29, 1.82) is 0 Å². The Balaban J connectivity index is 2.10. The molecule has 0 atom stereocenters. The van der Waals surface area contributed by atoms with Gasteiger partial charge in [-0.2, -0.15) is 0 Å². The Labute approximate surface area is 81.7 Å². The molecular weight excluding hydrogens is 162 g/mol. The molecule has 1 aliphatic rings. The number of hydrogen-bond donors (Lipinski definition) is 2. The van der Waals surface area contributed by atoms with E-state index in [1.54, 1.807) is 0 Å². The maximum Gasteiger partial charge on any atom is 0.0436 e. The zero-order valence-corrected chi connectivity index (χ0v) is 9.14. The highest BCUT2D eigenvalue weighted by atomic mass is 16.3. The second kappa shape index (κ2) is 4.43. The predicted molar refractivity (Wildman–Crippen MR) is 55.7 cm³/mol. The Hall–Kier alpha value is -0.0800. The minimum absolute atomic E-state index is 0.244. The predicted octanol–water partition coefficient (Wildman–Crippen LogP) is 1.78. The Morgan fingerprint density at radius 3 is 2.46 bits per heavy atom. The number of aliphatic hydroxyl groups excluding tert-OH is 1. The van der Waals surface area contributed by atoms with E-state index in [1.165, 1.54) is 12.8 Å². The summed E-state index contributed by atoms with van der Waals surface area (Å²) in [5.74, 6) is 0.915. The van der Waals surface area contributed by atoms with Crippen molar-refractivity contribution >= 4 is 0 Å². The van der Waals surface area contributed by atoms with Crippen molar-refractivity contribution in [1.82, 2.24) is 5.32 Å². The standard InChI is InChI=1S/C11H23NO/c1-9-6-10(7-9)12-8-11(2,3)4-5-13/h9-10,12-13H,4-8H2,1-3H3. The highest BCUT2D eigenvalue weighted by Gasteiger charge is 2.26. The first-order valence-electron chi connectivity index (χ1n) is 5.38. The minimum atomic E-state index is 0.244. The monoisotopic (exact) mass is 185 g/mol. The molecular formula is C11H23NO. The lowest BCUT2D eigenvalue weighted by Crippen LogP contribution is -2.44. The molecule has 2 N–H and O–H groups in total. The van der Waals surface area contributed by atoms with Gasteiger partial charge in [0.1, 0.15) is 0 Å². The van der Waals surface area contributed by atoms with Crippen LogP contribution in [0.1, 0.15) is 40.0 Å². The van der Waals surface area contributed by atoms with Crippen LogP contribution in [0.5, 0.6) is 0 Å². The first-order chi connectivity index (χ1) is 6.03. The van der Waals surface area contributed by atoms with Crippen LogP contribution >= 0.6 is 0 Å². The summed E-state index contributed by atoms with van der Waals surface area (Å²) in [6.45, 7) is 8.05. The van der Waals surface area contributed by atoms with Crippen LogP contribution in [0.25, 0.3) is 0 Å². The molecule has 2 heteroatoms. The quantitative estimate of drug-likeness (QED) is 0.684. The molecule has 0 amide bonds. The molecule has 2 nitrogen and oxygen atoms in total. The molecule has 0 spiro atoms. The molecule has 0 aromatic rings. The van der Waals surface area contributed by atoms with E-state index in [4.69, 9.17) is 5.11 Å². The normalized spacial score (nSPS) is 28.6. The summed E-state index contributed by atoms with van der Waals surface area (Å²) < 4.78 is 0. The van der Waals surface area contributed by atoms with Gasteiger partial charge in [-0.25, -0.2) is 0 Å². The Kier molecular flexibility index (Phi) is 3.74. The van der Waals surface area contributed by atoms with Crippen molar-refractivity contribution in [2.24, 2.45) is 11.3 Å². The van der Waals surface area contributed by atoms with Gasteiger partial charge in [-0.05, 0) is 30.6 Å². The molecule has 0 heterocycles. The number of aliphatic hydroxyl groups is 1. The van der Waals surface area contributed by atoms with Gasteiger partial charge in [-0.1, -0.05) is 20.8 Å². The van der Waals surface area contributed by atoms with Gasteiger partial charge in [0.05, 0.1) is 0 Å². The van der Waals surface area contributed by atoms with Gasteiger partial charge in [-0.3, -0.25) is 0 Å². The van der Waals surface area contributed by atoms with E-state index in [9.17, 15) is 0 Å². The SMILES string of the molecule is CC1CC(NCC(C)(C)CCO)C1. The second-order valence-corrected chi connectivity index (χ2v) is 5.29. The fraction of sp³-hybridized carbons (Fsp3) is 1.00. The molecule has 0 radical (unpaired) electrons. The summed E-state index contributed by atoms with van der Waals surface area (Å²) in [6, 6.07) is 0.743. The van der Waals surface area contributed by atoms with Crippen molar-refractivity contribution in [2.45, 2.75) is 46.1 Å². The number of hydrogen-bond acceptors (Lipinski definition) is 2. The van der Waals surface area contributed by atoms with Crippen molar-refractivity contribution < 1.29 is 5.11 Å². The Morgan fingerprint density at radius 2 is 2.00 bits per heavy atom. The highest BCUT2D eigenvalue weighted by molar-refractivity contribution is 4.84. The lowest BCUT2D eigenvalue weighted by atomic mass is 9.80. The van der Waals surface area contributed by atoms with Gasteiger partial charge < -0.3 is 10.4 Å². The lowest BCUT2D eigenvalue weighted by molar-refractivity contribution is 0.176. The Morgan fingerprint density at radius 1 is 1.38 bits per heavy atom. The third-order valence-electron chi connectivity index (χ3n) is 3.03. The summed E-state index contributed by atoms with van der Waals surface area (Å²) in [5.41, 5.74) is 0.244. The van der Waals surface area contributed by atoms with Gasteiger partial charge in [0.25, 0.3) is 0 Å². The average molecular weight is 185 g/mol. The maximum atomic E-state index is 8.85. The smallest absolute Gasteiger partial charge is 0.0436 e. The van der Waals surface area contributed by atoms with Crippen molar-refractivity contribution in [3.63, 3.8) is 0 Å². The van der Waals surface area contributed by atoms with Crippen LogP contribution in [0.4, 0.5) is 0 Å². The van der Waals surface area contributed by atoms with Gasteiger partial charge in [0.15, 0.2) is 0 Å². The highest BCUT2D eigenvalue weighted by Crippen LogP contribution is 2.27. The topological polar surface area (TPSA) is 32.3 Å². The van der Waals surface area contributed by atoms with Crippen LogP contribution < -0.4 is 5.32 Å². The van der Waals surface area contributed by atoms with Crippen molar-refractivity contribution in [3.05, 3.63) is 0 Å². The van der Waals surface area contributed by atoms with Crippen LogP contribution in [-0.4, -0.2) is 24.3 Å². The summed E-state index contributed by atoms with van der Waals surface area (Å²) >= 11 is 0. The second-order valence-electron chi connectivity index (χ2n) is 5.29. The summed E-state index contributed by atoms with van der Waals surface area (Å²) in [4.78, 5) is 0. The van der Waals surface area contributed by atoms with Crippen LogP contribution in [0.2, 0.25) is 0 Å². The van der Waals surface area contributed by atoms with Crippen LogP contribution in [0, 0.1) is 11.3 Å². The van der Waals surface area contributed by atoms with E-state index in [1.807, 2.05) is 0 Å². The van der Waals surface area contributed by atoms with Gasteiger partial charge in [-0.15, -0.1) is 0 Å². The fourth-order valence-corrected chi connectivity index (χ4v) is 1.88. The van der Waals surface area contributed by atoms with Gasteiger partial charge in [0, 0.05) is 19.2 Å². The molecule has 0 aromatic heterocycles. The van der Waals surface area contributed by atoms with E-state index < -0.39 is 0 Å². The summed E-state index contributed by atoms with van der Waals surface area (Å²) in [5, 5.41) is 12.4. The first kappa shape index (κ1) is 11.0. The third kappa shape index (κ3) is 3.65. The van der Waals surface area contributed by atoms with E-state index >= 15 is 0 Å². The molecule has 13 heavy (non-hydrogen) atoms. The zero-order chi connectivity index (χ0) is 9.90. The first-order valence-corrected chi connectivity index (χ1v) is 5.38. The molecule has 78 valence electrons. The minimum Gasteiger partial charge on any atom is -0.396 e. The molecule has 1 fully saturated rings. The van der Waals surface area contributed by atoms with Crippen molar-refractivity contribution in [3.8, 4) is 0 Å². The molecule has 0 bridgehead atoms. The molecule has 1 rings (SSSR count). The molecule has 1 aliphatic carbocycles. The average Bonchev–Trinajstić information content (AvgIpc) is 1.96. The zero-order valence-electron chi connectivity index (χ0n) is 9.14. The van der Waals surface area contributed by atoms with Gasteiger partial charge in [0.2, 0.25) is 0 Å². The van der Waals surface area contributed by atoms with Crippen molar-refractivity contribution in [2.75, 3.05) is 13.2 Å². The molecule has 0 aromatic carbocycles. The summed E-state index contributed by atoms with van der Waals surface area (Å²) in [6.07, 6.45) is 3.55. The third-order valence-corrected chi connectivity index (χ3v) is 3.03. The van der Waals surface area contributed by atoms with Crippen LogP contribution in [0.3, 0.4) is 0 Å². The molecule has 0 saturated heterocycles. The van der Waals surface area contributed by atoms with Gasteiger partial charge >= 0.3 is 0 Å². The maximum absolute atomic E-state index is 8.85. The van der Waals surface area contributed by atoms with Crippen LogP contribution in [0.15, 0.2) is 0 Å². The van der Waals surface area contributed by atoms with Crippen LogP contribution in [-0.2, 0) is 0 Å². The molecule has 0 aliphatic heterocycles. The molecule has 0 unspecified atom stereocenters. The lowest BCUT2D eigenvalue weighted by Gasteiger charge is -2.36. The number of nitrogens with one attached hydrogen (secondary N) is 1.